The third-order valence-corrected chi connectivity index (χ3v) is 5.79. The van der Waals surface area contributed by atoms with Gasteiger partial charge in [0.05, 0.1) is 16.9 Å². The van der Waals surface area contributed by atoms with Crippen LogP contribution >= 0.6 is 23.6 Å². The monoisotopic (exact) mass is 387 g/mol. The van der Waals surface area contributed by atoms with Crippen LogP contribution in [-0.2, 0) is 4.79 Å². The largest absolute Gasteiger partial charge is 0.348 e. The normalized spacial score (nSPS) is 13.5. The maximum atomic E-state index is 12.8. The summed E-state index contributed by atoms with van der Waals surface area (Å²) in [7, 11) is 0. The molecule has 0 saturated carbocycles. The number of rotatable bonds is 4. The van der Waals surface area contributed by atoms with Crippen molar-refractivity contribution < 1.29 is 4.79 Å². The number of carbonyl (C=O) groups is 1. The fourth-order valence-electron chi connectivity index (χ4n) is 3.14. The second-order valence-corrected chi connectivity index (χ2v) is 8.27. The Morgan fingerprint density at radius 2 is 1.96 bits per heavy atom. The van der Waals surface area contributed by atoms with Crippen LogP contribution in [0, 0.1) is 18.6 Å². The molecule has 3 rings (SSSR count). The molecule has 3 aromatic rings. The second-order valence-electron chi connectivity index (χ2n) is 6.43. The van der Waals surface area contributed by atoms with Crippen LogP contribution < -0.4 is 10.9 Å². The van der Waals surface area contributed by atoms with Crippen molar-refractivity contribution in [1.82, 2.24) is 14.9 Å². The first-order valence-corrected chi connectivity index (χ1v) is 9.63. The topological polar surface area (TPSA) is 66.9 Å². The molecule has 1 amide bonds. The number of nitrogens with one attached hydrogen (secondary N) is 2. The molecule has 2 N–H and O–H groups in total. The molecule has 2 aromatic heterocycles. The molecule has 0 bridgehead atoms. The number of nitrogens with zero attached hydrogens (tertiary/aromatic N) is 1. The quantitative estimate of drug-likeness (QED) is 0.660. The number of aryl methyl sites for hydroxylation is 2. The van der Waals surface area contributed by atoms with Crippen LogP contribution in [0.2, 0.25) is 0 Å². The molecule has 26 heavy (non-hydrogen) atoms. The van der Waals surface area contributed by atoms with Gasteiger partial charge in [0.25, 0.3) is 5.56 Å². The Kier molecular flexibility index (Phi) is 5.11. The zero-order valence-electron chi connectivity index (χ0n) is 15.1. The molecule has 5 nitrogen and oxygen atoms in total. The van der Waals surface area contributed by atoms with Crippen molar-refractivity contribution in [3.05, 3.63) is 60.8 Å². The number of amides is 1. The number of aromatic amines is 1. The minimum Gasteiger partial charge on any atom is -0.348 e. The number of hydrogen-bond acceptors (Lipinski definition) is 4. The number of hydrogen-bond donors (Lipinski definition) is 2. The molecule has 0 radical (unpaired) electrons. The molecule has 2 heterocycles. The van der Waals surface area contributed by atoms with Crippen molar-refractivity contribution in [1.29, 1.82) is 0 Å². The summed E-state index contributed by atoms with van der Waals surface area (Å²) < 4.78 is 1.58. The third kappa shape index (κ3) is 3.37. The van der Waals surface area contributed by atoms with Gasteiger partial charge in [-0.25, -0.2) is 0 Å². The van der Waals surface area contributed by atoms with E-state index in [2.05, 4.69) is 16.4 Å². The van der Waals surface area contributed by atoms with Gasteiger partial charge in [0.2, 0.25) is 5.91 Å². The van der Waals surface area contributed by atoms with E-state index in [4.69, 9.17) is 12.2 Å². The average molecular weight is 388 g/mol. The summed E-state index contributed by atoms with van der Waals surface area (Å²) in [5.74, 6) is -0.238. The molecule has 0 unspecified atom stereocenters. The van der Waals surface area contributed by atoms with E-state index in [0.29, 0.717) is 10.9 Å². The number of thiophene rings is 1. The molecule has 0 aliphatic heterocycles. The molecular formula is C19H21N3O2S2. The van der Waals surface area contributed by atoms with Gasteiger partial charge in [0.15, 0.2) is 4.77 Å². The molecule has 0 spiro atoms. The Morgan fingerprint density at radius 1 is 1.27 bits per heavy atom. The average Bonchev–Trinajstić information content (AvgIpc) is 2.93. The number of benzene rings is 1. The van der Waals surface area contributed by atoms with Crippen molar-refractivity contribution in [3.8, 4) is 0 Å². The Labute approximate surface area is 160 Å². The van der Waals surface area contributed by atoms with Crippen molar-refractivity contribution in [3.63, 3.8) is 0 Å². The third-order valence-electron chi connectivity index (χ3n) is 4.51. The molecule has 1 aromatic carbocycles. The summed E-state index contributed by atoms with van der Waals surface area (Å²) in [4.78, 5) is 31.0. The molecule has 0 aliphatic carbocycles. The summed E-state index contributed by atoms with van der Waals surface area (Å²) in [6.07, 6.45) is 0. The van der Waals surface area contributed by atoms with E-state index in [1.807, 2.05) is 26.8 Å². The Hall–Kier alpha value is -2.25. The zero-order chi connectivity index (χ0) is 19.0. The van der Waals surface area contributed by atoms with E-state index >= 15 is 0 Å². The number of carbonyl (C=O) groups excluding carboxylic acids is 1. The van der Waals surface area contributed by atoms with E-state index in [9.17, 15) is 9.59 Å². The van der Waals surface area contributed by atoms with Gasteiger partial charge in [0.1, 0.15) is 6.04 Å². The van der Waals surface area contributed by atoms with Gasteiger partial charge in [-0.3, -0.25) is 14.2 Å². The first-order chi connectivity index (χ1) is 12.3. The number of H-pyrrole nitrogens is 1. The van der Waals surface area contributed by atoms with Crippen LogP contribution in [0.1, 0.15) is 41.2 Å². The van der Waals surface area contributed by atoms with Crippen LogP contribution in [0.4, 0.5) is 0 Å². The highest BCUT2D eigenvalue weighted by molar-refractivity contribution is 7.71. The predicted octanol–water partition coefficient (Wildman–Crippen LogP) is 4.18. The summed E-state index contributed by atoms with van der Waals surface area (Å²) in [6, 6.07) is 8.39. The Bertz CT molecular complexity index is 1090. The molecule has 0 aliphatic rings. The smallest absolute Gasteiger partial charge is 0.262 e. The molecular weight excluding hydrogens is 366 g/mol. The van der Waals surface area contributed by atoms with Gasteiger partial charge in [-0.05, 0) is 63.7 Å². The minimum atomic E-state index is -0.710. The van der Waals surface area contributed by atoms with Gasteiger partial charge in [-0.2, -0.15) is 0 Å². The van der Waals surface area contributed by atoms with E-state index in [-0.39, 0.29) is 22.3 Å². The molecule has 136 valence electrons. The van der Waals surface area contributed by atoms with Gasteiger partial charge < -0.3 is 10.3 Å². The zero-order valence-corrected chi connectivity index (χ0v) is 16.8. The minimum absolute atomic E-state index is 0.136. The number of fused-ring (bicyclic) bond motifs is 1. The van der Waals surface area contributed by atoms with Crippen molar-refractivity contribution in [2.45, 2.75) is 39.8 Å². The van der Waals surface area contributed by atoms with E-state index in [0.717, 1.165) is 5.56 Å². The Balaban J connectivity index is 1.92. The second kappa shape index (κ2) is 7.17. The lowest BCUT2D eigenvalue weighted by Gasteiger charge is -2.20. The summed E-state index contributed by atoms with van der Waals surface area (Å²) in [5.41, 5.74) is 1.51. The maximum absolute atomic E-state index is 12.8. The molecule has 0 fully saturated rings. The first-order valence-electron chi connectivity index (χ1n) is 8.40. The van der Waals surface area contributed by atoms with Gasteiger partial charge in [0, 0.05) is 9.75 Å². The van der Waals surface area contributed by atoms with Crippen LogP contribution in [0.25, 0.3) is 10.9 Å². The highest BCUT2D eigenvalue weighted by atomic mass is 32.1. The van der Waals surface area contributed by atoms with Crippen molar-refractivity contribution >= 4 is 40.4 Å². The number of para-hydroxylation sites is 1. The van der Waals surface area contributed by atoms with Gasteiger partial charge in [-0.15, -0.1) is 11.3 Å². The Morgan fingerprint density at radius 3 is 2.62 bits per heavy atom. The first kappa shape index (κ1) is 18.5. The highest BCUT2D eigenvalue weighted by Crippen LogP contribution is 2.26. The lowest BCUT2D eigenvalue weighted by Crippen LogP contribution is -2.37. The van der Waals surface area contributed by atoms with Crippen LogP contribution in [0.15, 0.2) is 35.1 Å². The fourth-order valence-corrected chi connectivity index (χ4v) is 4.51. The molecule has 7 heteroatoms. The van der Waals surface area contributed by atoms with Crippen molar-refractivity contribution in [2.75, 3.05) is 0 Å². The molecule has 0 saturated heterocycles. The van der Waals surface area contributed by atoms with Gasteiger partial charge >= 0.3 is 0 Å². The summed E-state index contributed by atoms with van der Waals surface area (Å²) in [5, 5.41) is 3.51. The van der Waals surface area contributed by atoms with E-state index < -0.39 is 6.04 Å². The number of aromatic nitrogens is 2. The lowest BCUT2D eigenvalue weighted by atomic mass is 10.1. The van der Waals surface area contributed by atoms with Gasteiger partial charge in [-0.1, -0.05) is 12.1 Å². The van der Waals surface area contributed by atoms with Crippen molar-refractivity contribution in [2.24, 2.45) is 0 Å². The predicted molar refractivity (Wildman–Crippen MR) is 108 cm³/mol. The molecule has 2 atom stereocenters. The lowest BCUT2D eigenvalue weighted by molar-refractivity contribution is -0.124. The van der Waals surface area contributed by atoms with Crippen LogP contribution in [0.3, 0.4) is 0 Å². The fraction of sp³-hybridized carbons (Fsp3) is 0.316. The van der Waals surface area contributed by atoms with Crippen LogP contribution in [-0.4, -0.2) is 15.5 Å². The van der Waals surface area contributed by atoms with Crippen LogP contribution in [0.5, 0.6) is 0 Å². The van der Waals surface area contributed by atoms with E-state index in [1.54, 1.807) is 36.5 Å². The highest BCUT2D eigenvalue weighted by Gasteiger charge is 2.22. The summed E-state index contributed by atoms with van der Waals surface area (Å²) in [6.45, 7) is 7.73. The maximum Gasteiger partial charge on any atom is 0.262 e. The summed E-state index contributed by atoms with van der Waals surface area (Å²) >= 11 is 7.03. The SMILES string of the molecule is Cc1cc([C@@H](C)NC(=O)[C@H](C)n2c(=S)[nH]c3ccccc3c2=O)c(C)s1. The standard InChI is InChI=1S/C19H21N3O2S2/c1-10-9-15(13(4)26-10)11(2)20-17(23)12(3)22-18(24)14-7-5-6-8-16(14)21-19(22)25/h5-9,11-12H,1-4H3,(H,20,23)(H,21,25)/t11-,12+/m1/s1. The van der Waals surface area contributed by atoms with E-state index in [1.165, 1.54) is 14.3 Å².